The van der Waals surface area contributed by atoms with E-state index in [1.807, 2.05) is 31.2 Å². The van der Waals surface area contributed by atoms with Crippen molar-refractivity contribution < 1.29 is 4.79 Å². The zero-order valence-corrected chi connectivity index (χ0v) is 12.8. The van der Waals surface area contributed by atoms with Crippen LogP contribution in [0.1, 0.15) is 23.0 Å². The van der Waals surface area contributed by atoms with Gasteiger partial charge in [0.15, 0.2) is 0 Å². The van der Waals surface area contributed by atoms with Crippen LogP contribution in [-0.2, 0) is 6.54 Å². The number of amides is 1. The van der Waals surface area contributed by atoms with Crippen LogP contribution < -0.4 is 5.73 Å². The largest absolute Gasteiger partial charge is 0.398 e. The van der Waals surface area contributed by atoms with Gasteiger partial charge in [-0.25, -0.2) is 0 Å². The van der Waals surface area contributed by atoms with E-state index in [0.717, 1.165) is 10.2 Å². The molecule has 0 bridgehead atoms. The molecular weight excluding hydrogens is 318 g/mol. The molecule has 0 aliphatic rings. The average molecular weight is 334 g/mol. The zero-order valence-electron chi connectivity index (χ0n) is 11.2. The average Bonchev–Trinajstić information content (AvgIpc) is 2.47. The Morgan fingerprint density at radius 1 is 1.35 bits per heavy atom. The van der Waals surface area contributed by atoms with Gasteiger partial charge in [-0.3, -0.25) is 9.78 Å². The highest BCUT2D eigenvalue weighted by Gasteiger charge is 2.17. The highest BCUT2D eigenvalue weighted by atomic mass is 79.9. The van der Waals surface area contributed by atoms with E-state index in [9.17, 15) is 4.79 Å². The predicted octanol–water partition coefficient (Wildman–Crippen LogP) is 3.09. The summed E-state index contributed by atoms with van der Waals surface area (Å²) < 4.78 is 0.837. The molecule has 104 valence electrons. The molecule has 2 aromatic rings. The number of pyridine rings is 1. The minimum Gasteiger partial charge on any atom is -0.398 e. The molecule has 0 unspecified atom stereocenters. The topological polar surface area (TPSA) is 59.2 Å². The molecule has 1 aromatic carbocycles. The number of rotatable bonds is 4. The van der Waals surface area contributed by atoms with Gasteiger partial charge in [0.1, 0.15) is 0 Å². The number of nitrogens with two attached hydrogens (primary N) is 1. The van der Waals surface area contributed by atoms with Crippen molar-refractivity contribution in [1.29, 1.82) is 0 Å². The van der Waals surface area contributed by atoms with Crippen molar-refractivity contribution in [3.8, 4) is 0 Å². The number of hydrogen-bond acceptors (Lipinski definition) is 3. The Balaban J connectivity index is 2.23. The third kappa shape index (κ3) is 3.36. The molecule has 20 heavy (non-hydrogen) atoms. The number of halogens is 1. The standard InChI is InChI=1S/C15H16BrN3O/c1-2-19(10-12-5-3-4-8-18-12)15(20)13-9-11(16)6-7-14(13)17/h3-9H,2,10,17H2,1H3. The summed E-state index contributed by atoms with van der Waals surface area (Å²) in [5.74, 6) is -0.0862. The SMILES string of the molecule is CCN(Cc1ccccn1)C(=O)c1cc(Br)ccc1N. The molecule has 5 heteroatoms. The minimum absolute atomic E-state index is 0.0862. The van der Waals surface area contributed by atoms with Crippen molar-refractivity contribution in [3.05, 3.63) is 58.3 Å². The summed E-state index contributed by atoms with van der Waals surface area (Å²) in [6.45, 7) is 3.01. The van der Waals surface area contributed by atoms with E-state index in [-0.39, 0.29) is 5.91 Å². The normalized spacial score (nSPS) is 10.3. The molecular formula is C15H16BrN3O. The fraction of sp³-hybridized carbons (Fsp3) is 0.200. The molecule has 1 heterocycles. The summed E-state index contributed by atoms with van der Waals surface area (Å²) >= 11 is 3.36. The molecule has 0 radical (unpaired) electrons. The summed E-state index contributed by atoms with van der Waals surface area (Å²) in [4.78, 5) is 18.5. The van der Waals surface area contributed by atoms with Crippen LogP contribution in [0.15, 0.2) is 47.1 Å². The van der Waals surface area contributed by atoms with Crippen LogP contribution in [-0.4, -0.2) is 22.3 Å². The molecule has 0 aliphatic heterocycles. The first-order valence-electron chi connectivity index (χ1n) is 6.36. The van der Waals surface area contributed by atoms with E-state index in [1.54, 1.807) is 23.2 Å². The minimum atomic E-state index is -0.0862. The number of anilines is 1. The van der Waals surface area contributed by atoms with E-state index >= 15 is 0 Å². The summed E-state index contributed by atoms with van der Waals surface area (Å²) in [6.07, 6.45) is 1.72. The van der Waals surface area contributed by atoms with Gasteiger partial charge < -0.3 is 10.6 Å². The van der Waals surface area contributed by atoms with E-state index in [1.165, 1.54) is 0 Å². The Morgan fingerprint density at radius 2 is 2.15 bits per heavy atom. The van der Waals surface area contributed by atoms with Gasteiger partial charge in [0.25, 0.3) is 5.91 Å². The van der Waals surface area contributed by atoms with Gasteiger partial charge in [0.2, 0.25) is 0 Å². The van der Waals surface area contributed by atoms with Crippen LogP contribution >= 0.6 is 15.9 Å². The molecule has 0 aliphatic carbocycles. The highest BCUT2D eigenvalue weighted by molar-refractivity contribution is 9.10. The first-order chi connectivity index (χ1) is 9.61. The van der Waals surface area contributed by atoms with Gasteiger partial charge in [-0.1, -0.05) is 22.0 Å². The van der Waals surface area contributed by atoms with Crippen molar-refractivity contribution in [2.24, 2.45) is 0 Å². The molecule has 0 saturated carbocycles. The lowest BCUT2D eigenvalue weighted by Crippen LogP contribution is -2.31. The maximum absolute atomic E-state index is 12.6. The van der Waals surface area contributed by atoms with Crippen LogP contribution in [0, 0.1) is 0 Å². The Hall–Kier alpha value is -1.88. The Kier molecular flexibility index (Phi) is 4.74. The first kappa shape index (κ1) is 14.5. The van der Waals surface area contributed by atoms with Crippen LogP contribution in [0.4, 0.5) is 5.69 Å². The molecule has 4 nitrogen and oxygen atoms in total. The number of nitrogens with zero attached hydrogens (tertiary/aromatic N) is 2. The van der Waals surface area contributed by atoms with E-state index in [4.69, 9.17) is 5.73 Å². The molecule has 0 saturated heterocycles. The maximum atomic E-state index is 12.6. The Morgan fingerprint density at radius 3 is 2.80 bits per heavy atom. The summed E-state index contributed by atoms with van der Waals surface area (Å²) in [5.41, 5.74) is 7.75. The lowest BCUT2D eigenvalue weighted by atomic mass is 10.1. The van der Waals surface area contributed by atoms with Gasteiger partial charge in [0.05, 0.1) is 17.8 Å². The molecule has 1 amide bonds. The van der Waals surface area contributed by atoms with Crippen molar-refractivity contribution in [3.63, 3.8) is 0 Å². The van der Waals surface area contributed by atoms with Gasteiger partial charge in [-0.2, -0.15) is 0 Å². The second-order valence-corrected chi connectivity index (χ2v) is 5.29. The number of carbonyl (C=O) groups excluding carboxylic acids is 1. The third-order valence-corrected chi connectivity index (χ3v) is 3.49. The second kappa shape index (κ2) is 6.52. The van der Waals surface area contributed by atoms with Crippen LogP contribution in [0.5, 0.6) is 0 Å². The fourth-order valence-electron chi connectivity index (χ4n) is 1.90. The van der Waals surface area contributed by atoms with Crippen molar-refractivity contribution in [2.45, 2.75) is 13.5 Å². The summed E-state index contributed by atoms with van der Waals surface area (Å²) in [5, 5.41) is 0. The lowest BCUT2D eigenvalue weighted by molar-refractivity contribution is 0.0751. The van der Waals surface area contributed by atoms with Crippen molar-refractivity contribution >= 4 is 27.5 Å². The third-order valence-electron chi connectivity index (χ3n) is 2.99. The number of nitrogen functional groups attached to an aromatic ring is 1. The maximum Gasteiger partial charge on any atom is 0.256 e. The fourth-order valence-corrected chi connectivity index (χ4v) is 2.26. The number of aromatic nitrogens is 1. The van der Waals surface area contributed by atoms with Crippen molar-refractivity contribution in [1.82, 2.24) is 9.88 Å². The molecule has 0 spiro atoms. The predicted molar refractivity (Wildman–Crippen MR) is 83.2 cm³/mol. The highest BCUT2D eigenvalue weighted by Crippen LogP contribution is 2.20. The van der Waals surface area contributed by atoms with Crippen LogP contribution in [0.2, 0.25) is 0 Å². The molecule has 2 rings (SSSR count). The summed E-state index contributed by atoms with van der Waals surface area (Å²) in [6, 6.07) is 11.0. The van der Waals surface area contributed by atoms with E-state index in [2.05, 4.69) is 20.9 Å². The number of hydrogen-bond donors (Lipinski definition) is 1. The monoisotopic (exact) mass is 333 g/mol. The number of benzene rings is 1. The van der Waals surface area contributed by atoms with Gasteiger partial charge in [-0.15, -0.1) is 0 Å². The van der Waals surface area contributed by atoms with Crippen LogP contribution in [0.25, 0.3) is 0 Å². The number of carbonyl (C=O) groups is 1. The van der Waals surface area contributed by atoms with Crippen molar-refractivity contribution in [2.75, 3.05) is 12.3 Å². The van der Waals surface area contributed by atoms with E-state index in [0.29, 0.717) is 24.3 Å². The Bertz CT molecular complexity index is 601. The summed E-state index contributed by atoms with van der Waals surface area (Å²) in [7, 11) is 0. The van der Waals surface area contributed by atoms with Crippen LogP contribution in [0.3, 0.4) is 0 Å². The lowest BCUT2D eigenvalue weighted by Gasteiger charge is -2.21. The second-order valence-electron chi connectivity index (χ2n) is 4.37. The molecule has 0 fully saturated rings. The quantitative estimate of drug-likeness (QED) is 0.874. The first-order valence-corrected chi connectivity index (χ1v) is 7.15. The van der Waals surface area contributed by atoms with Gasteiger partial charge >= 0.3 is 0 Å². The van der Waals surface area contributed by atoms with Gasteiger partial charge in [-0.05, 0) is 37.3 Å². The zero-order chi connectivity index (χ0) is 14.5. The smallest absolute Gasteiger partial charge is 0.256 e. The molecule has 0 atom stereocenters. The Labute approximate surface area is 126 Å². The molecule has 1 aromatic heterocycles. The van der Waals surface area contributed by atoms with Gasteiger partial charge in [0, 0.05) is 22.9 Å². The molecule has 2 N–H and O–H groups in total. The van der Waals surface area contributed by atoms with E-state index < -0.39 is 0 Å².